The summed E-state index contributed by atoms with van der Waals surface area (Å²) in [6, 6.07) is 6.53. The molecule has 0 saturated carbocycles. The van der Waals surface area contributed by atoms with Crippen LogP contribution in [0.4, 0.5) is 0 Å². The summed E-state index contributed by atoms with van der Waals surface area (Å²) < 4.78 is 10.6. The van der Waals surface area contributed by atoms with Gasteiger partial charge in [0.2, 0.25) is 17.5 Å². The lowest BCUT2D eigenvalue weighted by Gasteiger charge is -2.27. The Morgan fingerprint density at radius 2 is 2.14 bits per heavy atom. The maximum absolute atomic E-state index is 12.9. The molecule has 1 saturated heterocycles. The number of Topliss-reactive ketones (excluding diaryl/α,β-unsaturated/α-hetero) is 1. The van der Waals surface area contributed by atoms with Crippen molar-refractivity contribution in [2.75, 3.05) is 26.8 Å². The highest BCUT2D eigenvalue weighted by molar-refractivity contribution is 5.99. The summed E-state index contributed by atoms with van der Waals surface area (Å²) in [5.74, 6) is 0.149. The molecule has 2 heterocycles. The molecule has 9 heteroatoms. The third-order valence-corrected chi connectivity index (χ3v) is 4.97. The van der Waals surface area contributed by atoms with Gasteiger partial charge in [-0.15, -0.1) is 0 Å². The van der Waals surface area contributed by atoms with Gasteiger partial charge in [-0.05, 0) is 38.8 Å². The Kier molecular flexibility index (Phi) is 6.29. The molecule has 1 aromatic heterocycles. The highest BCUT2D eigenvalue weighted by atomic mass is 16.5. The number of aliphatic hydroxyl groups excluding tert-OH is 1. The number of benzene rings is 1. The van der Waals surface area contributed by atoms with Crippen LogP contribution in [0.5, 0.6) is 5.75 Å². The molecule has 1 atom stereocenters. The van der Waals surface area contributed by atoms with Crippen LogP contribution >= 0.6 is 0 Å². The molecule has 29 heavy (non-hydrogen) atoms. The van der Waals surface area contributed by atoms with Gasteiger partial charge in [0.25, 0.3) is 5.89 Å². The summed E-state index contributed by atoms with van der Waals surface area (Å²) in [5, 5.41) is 16.2. The fraction of sp³-hybridized carbons (Fsp3) is 0.500. The first-order chi connectivity index (χ1) is 13.9. The van der Waals surface area contributed by atoms with Crippen molar-refractivity contribution < 1.29 is 24.0 Å². The van der Waals surface area contributed by atoms with Gasteiger partial charge in [-0.2, -0.15) is 4.98 Å². The number of methoxy groups -OCH3 is 1. The largest absolute Gasteiger partial charge is 0.496 e. The molecule has 2 aromatic rings. The summed E-state index contributed by atoms with van der Waals surface area (Å²) in [6.45, 7) is 4.03. The molecule has 1 aliphatic heterocycles. The SMILES string of the molecule is COc1ccccc1-c1nc(C(=O)C2CCCN2C(=O)CNC(C)(C)CO)no1. The second kappa shape index (κ2) is 8.71. The molecule has 1 amide bonds. The maximum atomic E-state index is 12.9. The van der Waals surface area contributed by atoms with Crippen molar-refractivity contribution in [1.29, 1.82) is 0 Å². The van der Waals surface area contributed by atoms with Gasteiger partial charge in [0.15, 0.2) is 0 Å². The lowest BCUT2D eigenvalue weighted by molar-refractivity contribution is -0.130. The lowest BCUT2D eigenvalue weighted by atomic mass is 10.1. The third kappa shape index (κ3) is 4.63. The first-order valence-corrected chi connectivity index (χ1v) is 9.53. The average Bonchev–Trinajstić information content (AvgIpc) is 3.41. The molecule has 9 nitrogen and oxygen atoms in total. The number of nitrogens with zero attached hydrogens (tertiary/aromatic N) is 3. The molecular formula is C20H26N4O5. The minimum Gasteiger partial charge on any atom is -0.496 e. The van der Waals surface area contributed by atoms with Crippen LogP contribution < -0.4 is 10.1 Å². The Hall–Kier alpha value is -2.78. The number of aliphatic hydroxyl groups is 1. The van der Waals surface area contributed by atoms with Crippen LogP contribution in [0.15, 0.2) is 28.8 Å². The Labute approximate surface area is 169 Å². The minimum absolute atomic E-state index is 0.0377. The van der Waals surface area contributed by atoms with Gasteiger partial charge >= 0.3 is 0 Å². The van der Waals surface area contributed by atoms with Gasteiger partial charge in [0.1, 0.15) is 5.75 Å². The number of carbonyl (C=O) groups excluding carboxylic acids is 2. The van der Waals surface area contributed by atoms with Crippen LogP contribution in [-0.4, -0.2) is 70.2 Å². The zero-order chi connectivity index (χ0) is 21.0. The normalized spacial score (nSPS) is 16.8. The number of hydrogen-bond acceptors (Lipinski definition) is 8. The summed E-state index contributed by atoms with van der Waals surface area (Å²) in [4.78, 5) is 31.3. The van der Waals surface area contributed by atoms with Crippen molar-refractivity contribution in [1.82, 2.24) is 20.4 Å². The van der Waals surface area contributed by atoms with E-state index in [-0.39, 0.29) is 36.6 Å². The number of ether oxygens (including phenoxy) is 1. The Morgan fingerprint density at radius 3 is 2.86 bits per heavy atom. The van der Waals surface area contributed by atoms with Gasteiger partial charge in [-0.25, -0.2) is 0 Å². The Balaban J connectivity index is 1.73. The van der Waals surface area contributed by atoms with E-state index in [1.54, 1.807) is 30.9 Å². The molecule has 0 spiro atoms. The first-order valence-electron chi connectivity index (χ1n) is 9.53. The van der Waals surface area contributed by atoms with Crippen molar-refractivity contribution in [2.45, 2.75) is 38.3 Å². The quantitative estimate of drug-likeness (QED) is 0.634. The van der Waals surface area contributed by atoms with Crippen LogP contribution in [0.1, 0.15) is 37.3 Å². The molecule has 1 aromatic carbocycles. The molecule has 0 radical (unpaired) electrons. The predicted octanol–water partition coefficient (Wildman–Crippen LogP) is 1.28. The van der Waals surface area contributed by atoms with Gasteiger partial charge in [-0.3, -0.25) is 9.59 Å². The van der Waals surface area contributed by atoms with Gasteiger partial charge in [-0.1, -0.05) is 17.3 Å². The molecule has 1 fully saturated rings. The van der Waals surface area contributed by atoms with E-state index in [2.05, 4.69) is 15.5 Å². The van der Waals surface area contributed by atoms with E-state index < -0.39 is 11.6 Å². The fourth-order valence-corrected chi connectivity index (χ4v) is 3.21. The summed E-state index contributed by atoms with van der Waals surface area (Å²) in [5.41, 5.74) is 0.0167. The van der Waals surface area contributed by atoms with Crippen LogP contribution in [0.25, 0.3) is 11.5 Å². The molecule has 3 rings (SSSR count). The van der Waals surface area contributed by atoms with Crippen LogP contribution in [0, 0.1) is 0 Å². The van der Waals surface area contributed by atoms with Crippen LogP contribution in [0.2, 0.25) is 0 Å². The highest BCUT2D eigenvalue weighted by Crippen LogP contribution is 2.29. The molecular weight excluding hydrogens is 376 g/mol. The number of ketones is 1. The molecule has 0 aliphatic carbocycles. The van der Waals surface area contributed by atoms with E-state index in [0.717, 1.165) is 6.42 Å². The Morgan fingerprint density at radius 1 is 1.38 bits per heavy atom. The van der Waals surface area contributed by atoms with Crippen molar-refractivity contribution in [2.24, 2.45) is 0 Å². The number of carbonyl (C=O) groups is 2. The van der Waals surface area contributed by atoms with E-state index in [0.29, 0.717) is 24.3 Å². The van der Waals surface area contributed by atoms with E-state index in [9.17, 15) is 14.7 Å². The van der Waals surface area contributed by atoms with E-state index in [1.807, 2.05) is 12.1 Å². The third-order valence-electron chi connectivity index (χ3n) is 4.97. The standard InChI is InChI=1S/C20H26N4O5/c1-20(2,12-25)21-11-16(26)24-10-6-8-14(24)17(27)18-22-19(29-23-18)13-7-4-5-9-15(13)28-3/h4-5,7,9,14,21,25H,6,8,10-12H2,1-3H3. The lowest BCUT2D eigenvalue weighted by Crippen LogP contribution is -2.50. The number of likely N-dealkylation sites (tertiary alicyclic amines) is 1. The molecule has 1 aliphatic rings. The number of para-hydroxylation sites is 1. The van der Waals surface area contributed by atoms with Gasteiger partial charge in [0, 0.05) is 12.1 Å². The smallest absolute Gasteiger partial charge is 0.262 e. The second-order valence-corrected chi connectivity index (χ2v) is 7.63. The van der Waals surface area contributed by atoms with Crippen molar-refractivity contribution in [3.05, 3.63) is 30.1 Å². The first kappa shape index (κ1) is 20.9. The minimum atomic E-state index is -0.621. The van der Waals surface area contributed by atoms with E-state index in [1.165, 1.54) is 7.11 Å². The number of aromatic nitrogens is 2. The molecule has 0 bridgehead atoms. The summed E-state index contributed by atoms with van der Waals surface area (Å²) in [6.07, 6.45) is 1.27. The van der Waals surface area contributed by atoms with Crippen molar-refractivity contribution in [3.63, 3.8) is 0 Å². The van der Waals surface area contributed by atoms with Crippen molar-refractivity contribution in [3.8, 4) is 17.2 Å². The maximum Gasteiger partial charge on any atom is 0.262 e. The van der Waals surface area contributed by atoms with Crippen molar-refractivity contribution >= 4 is 11.7 Å². The summed E-state index contributed by atoms with van der Waals surface area (Å²) in [7, 11) is 1.54. The number of hydrogen-bond donors (Lipinski definition) is 2. The average molecular weight is 402 g/mol. The number of amides is 1. The number of rotatable bonds is 8. The zero-order valence-electron chi connectivity index (χ0n) is 16.8. The Bertz CT molecular complexity index is 879. The predicted molar refractivity (Wildman–Crippen MR) is 105 cm³/mol. The van der Waals surface area contributed by atoms with Gasteiger partial charge in [0.05, 0.1) is 31.9 Å². The summed E-state index contributed by atoms with van der Waals surface area (Å²) >= 11 is 0. The second-order valence-electron chi connectivity index (χ2n) is 7.63. The van der Waals surface area contributed by atoms with Crippen LogP contribution in [0.3, 0.4) is 0 Å². The van der Waals surface area contributed by atoms with Crippen LogP contribution in [-0.2, 0) is 4.79 Å². The molecule has 2 N–H and O–H groups in total. The fourth-order valence-electron chi connectivity index (χ4n) is 3.21. The zero-order valence-corrected chi connectivity index (χ0v) is 16.8. The van der Waals surface area contributed by atoms with Gasteiger partial charge < -0.3 is 24.6 Å². The number of nitrogens with one attached hydrogen (secondary N) is 1. The molecule has 156 valence electrons. The topological polar surface area (TPSA) is 118 Å². The molecule has 1 unspecified atom stereocenters. The highest BCUT2D eigenvalue weighted by Gasteiger charge is 2.37. The van der Waals surface area contributed by atoms with E-state index in [4.69, 9.17) is 9.26 Å². The monoisotopic (exact) mass is 402 g/mol. The van der Waals surface area contributed by atoms with E-state index >= 15 is 0 Å².